The number of hydrogen-bond donors (Lipinski definition) is 0. The van der Waals surface area contributed by atoms with E-state index in [2.05, 4.69) is 0 Å². The molecule has 0 unspecified atom stereocenters. The molecule has 1 rings (SSSR count). The number of nitrogens with zero attached hydrogens (tertiary/aromatic N) is 1. The van der Waals surface area contributed by atoms with E-state index in [1.807, 2.05) is 0 Å². The maximum absolute atomic E-state index is 11.7. The standard InChI is InChI=1S/C13H17NO6/c1-18-7-3-4-8-20-13(15)10-5-6-12(19-2)11(9-10)14(16)17/h5-6,9H,3-4,7-8H2,1-2H3. The predicted octanol–water partition coefficient (Wildman–Crippen LogP) is 2.19. The van der Waals surface area contributed by atoms with E-state index in [1.165, 1.54) is 19.2 Å². The van der Waals surface area contributed by atoms with Gasteiger partial charge in [-0.2, -0.15) is 0 Å². The van der Waals surface area contributed by atoms with Crippen molar-refractivity contribution in [3.63, 3.8) is 0 Å². The van der Waals surface area contributed by atoms with Crippen LogP contribution in [0.25, 0.3) is 0 Å². The van der Waals surface area contributed by atoms with Gasteiger partial charge in [0.15, 0.2) is 5.75 Å². The lowest BCUT2D eigenvalue weighted by molar-refractivity contribution is -0.385. The fourth-order valence-electron chi connectivity index (χ4n) is 1.56. The average molecular weight is 283 g/mol. The molecule has 1 aromatic rings. The van der Waals surface area contributed by atoms with E-state index in [1.54, 1.807) is 7.11 Å². The number of nitro benzene ring substituents is 1. The van der Waals surface area contributed by atoms with Crippen molar-refractivity contribution in [3.05, 3.63) is 33.9 Å². The predicted molar refractivity (Wildman–Crippen MR) is 71.0 cm³/mol. The van der Waals surface area contributed by atoms with Gasteiger partial charge in [0.05, 0.1) is 24.2 Å². The Morgan fingerprint density at radius 3 is 2.55 bits per heavy atom. The lowest BCUT2D eigenvalue weighted by atomic mass is 10.2. The lowest BCUT2D eigenvalue weighted by Gasteiger charge is -2.06. The van der Waals surface area contributed by atoms with Crippen LogP contribution in [0.3, 0.4) is 0 Å². The van der Waals surface area contributed by atoms with E-state index in [4.69, 9.17) is 14.2 Å². The Balaban J connectivity index is 2.64. The van der Waals surface area contributed by atoms with Gasteiger partial charge in [0, 0.05) is 19.8 Å². The summed E-state index contributed by atoms with van der Waals surface area (Å²) >= 11 is 0. The first-order chi connectivity index (χ1) is 9.60. The highest BCUT2D eigenvalue weighted by Gasteiger charge is 2.18. The molecule has 0 aliphatic rings. The number of rotatable bonds is 8. The Labute approximate surface area is 116 Å². The van der Waals surface area contributed by atoms with Gasteiger partial charge in [-0.25, -0.2) is 4.79 Å². The first-order valence-electron chi connectivity index (χ1n) is 6.08. The molecule has 0 radical (unpaired) electrons. The van der Waals surface area contributed by atoms with Gasteiger partial charge in [0.25, 0.3) is 0 Å². The summed E-state index contributed by atoms with van der Waals surface area (Å²) in [4.78, 5) is 22.0. The zero-order chi connectivity index (χ0) is 15.0. The van der Waals surface area contributed by atoms with Crippen molar-refractivity contribution >= 4 is 11.7 Å². The molecule has 7 nitrogen and oxygen atoms in total. The number of carbonyl (C=O) groups excluding carboxylic acids is 1. The van der Waals surface area contributed by atoms with E-state index in [9.17, 15) is 14.9 Å². The number of hydrogen-bond acceptors (Lipinski definition) is 6. The summed E-state index contributed by atoms with van der Waals surface area (Å²) in [6, 6.07) is 3.96. The highest BCUT2D eigenvalue weighted by atomic mass is 16.6. The van der Waals surface area contributed by atoms with Crippen molar-refractivity contribution in [1.29, 1.82) is 0 Å². The normalized spacial score (nSPS) is 10.1. The van der Waals surface area contributed by atoms with E-state index in [-0.39, 0.29) is 23.6 Å². The number of ether oxygens (including phenoxy) is 3. The van der Waals surface area contributed by atoms with Gasteiger partial charge in [0.2, 0.25) is 0 Å². The second-order valence-corrected chi connectivity index (χ2v) is 3.98. The minimum atomic E-state index is -0.603. The van der Waals surface area contributed by atoms with Crippen LogP contribution in [0.4, 0.5) is 5.69 Å². The molecule has 0 aliphatic carbocycles. The molecule has 20 heavy (non-hydrogen) atoms. The Morgan fingerprint density at radius 2 is 1.95 bits per heavy atom. The summed E-state index contributed by atoms with van der Waals surface area (Å²) in [6.45, 7) is 0.855. The van der Waals surface area contributed by atoms with Gasteiger partial charge in [-0.3, -0.25) is 10.1 Å². The monoisotopic (exact) mass is 283 g/mol. The second kappa shape index (κ2) is 8.11. The lowest BCUT2D eigenvalue weighted by Crippen LogP contribution is -2.08. The fraction of sp³-hybridized carbons (Fsp3) is 0.462. The largest absolute Gasteiger partial charge is 0.490 e. The van der Waals surface area contributed by atoms with Gasteiger partial charge >= 0.3 is 11.7 Å². The van der Waals surface area contributed by atoms with Crippen LogP contribution in [0, 0.1) is 10.1 Å². The van der Waals surface area contributed by atoms with E-state index in [0.29, 0.717) is 13.0 Å². The molecule has 0 aromatic heterocycles. The summed E-state index contributed by atoms with van der Waals surface area (Å²) in [5.74, 6) is -0.486. The molecule has 0 saturated carbocycles. The highest BCUT2D eigenvalue weighted by Crippen LogP contribution is 2.27. The van der Waals surface area contributed by atoms with Gasteiger partial charge < -0.3 is 14.2 Å². The van der Waals surface area contributed by atoms with Crippen LogP contribution >= 0.6 is 0 Å². The molecular weight excluding hydrogens is 266 g/mol. The van der Waals surface area contributed by atoms with Crippen molar-refractivity contribution in [3.8, 4) is 5.75 Å². The minimum Gasteiger partial charge on any atom is -0.490 e. The zero-order valence-electron chi connectivity index (χ0n) is 11.5. The van der Waals surface area contributed by atoms with Gasteiger partial charge in [0.1, 0.15) is 0 Å². The molecule has 0 bridgehead atoms. The molecule has 0 N–H and O–H groups in total. The van der Waals surface area contributed by atoms with Crippen molar-refractivity contribution in [2.45, 2.75) is 12.8 Å². The molecule has 0 fully saturated rings. The molecule has 0 atom stereocenters. The highest BCUT2D eigenvalue weighted by molar-refractivity contribution is 5.90. The maximum Gasteiger partial charge on any atom is 0.338 e. The summed E-state index contributed by atoms with van der Waals surface area (Å²) in [5.41, 5.74) is -0.134. The van der Waals surface area contributed by atoms with Crippen LogP contribution < -0.4 is 4.74 Å². The number of unbranched alkanes of at least 4 members (excludes halogenated alkanes) is 1. The molecule has 0 heterocycles. The van der Waals surface area contributed by atoms with Crippen molar-refractivity contribution in [2.24, 2.45) is 0 Å². The Morgan fingerprint density at radius 1 is 1.25 bits per heavy atom. The van der Waals surface area contributed by atoms with Crippen molar-refractivity contribution < 1.29 is 23.9 Å². The number of esters is 1. The fourth-order valence-corrected chi connectivity index (χ4v) is 1.56. The molecule has 110 valence electrons. The molecule has 7 heteroatoms. The number of nitro groups is 1. The van der Waals surface area contributed by atoms with E-state index < -0.39 is 10.9 Å². The van der Waals surface area contributed by atoms with E-state index in [0.717, 1.165) is 12.5 Å². The summed E-state index contributed by atoms with van der Waals surface area (Å²) < 4.78 is 14.8. The van der Waals surface area contributed by atoms with Crippen LogP contribution in [0.15, 0.2) is 18.2 Å². The summed E-state index contributed by atoms with van der Waals surface area (Å²) in [6.07, 6.45) is 1.46. The first-order valence-corrected chi connectivity index (χ1v) is 6.08. The Hall–Kier alpha value is -2.15. The minimum absolute atomic E-state index is 0.103. The third-order valence-corrected chi connectivity index (χ3v) is 2.59. The van der Waals surface area contributed by atoms with Gasteiger partial charge in [-0.05, 0) is 25.0 Å². The van der Waals surface area contributed by atoms with Crippen LogP contribution in [-0.2, 0) is 9.47 Å². The average Bonchev–Trinajstić information content (AvgIpc) is 2.46. The number of methoxy groups -OCH3 is 2. The van der Waals surface area contributed by atoms with E-state index >= 15 is 0 Å². The van der Waals surface area contributed by atoms with Crippen LogP contribution in [0.5, 0.6) is 5.75 Å². The number of benzene rings is 1. The molecular formula is C13H17NO6. The van der Waals surface area contributed by atoms with Crippen LogP contribution in [0.1, 0.15) is 23.2 Å². The SMILES string of the molecule is COCCCCOC(=O)c1ccc(OC)c([N+](=O)[O-])c1. The third-order valence-electron chi connectivity index (χ3n) is 2.59. The van der Waals surface area contributed by atoms with Gasteiger partial charge in [-0.1, -0.05) is 0 Å². The number of carbonyl (C=O) groups is 1. The zero-order valence-corrected chi connectivity index (χ0v) is 11.5. The quantitative estimate of drug-likeness (QED) is 0.314. The Bertz CT molecular complexity index is 474. The topological polar surface area (TPSA) is 87.9 Å². The Kier molecular flexibility index (Phi) is 6.45. The van der Waals surface area contributed by atoms with Gasteiger partial charge in [-0.15, -0.1) is 0 Å². The molecule has 0 saturated heterocycles. The first kappa shape index (κ1) is 15.9. The van der Waals surface area contributed by atoms with Crippen molar-refractivity contribution in [2.75, 3.05) is 27.4 Å². The smallest absolute Gasteiger partial charge is 0.338 e. The molecule has 0 aliphatic heterocycles. The van der Waals surface area contributed by atoms with Crippen LogP contribution in [0.2, 0.25) is 0 Å². The summed E-state index contributed by atoms with van der Waals surface area (Å²) in [5, 5.41) is 10.8. The molecule has 0 spiro atoms. The molecule has 1 aromatic carbocycles. The maximum atomic E-state index is 11.7. The third kappa shape index (κ3) is 4.51. The van der Waals surface area contributed by atoms with Crippen LogP contribution in [-0.4, -0.2) is 38.3 Å². The second-order valence-electron chi connectivity index (χ2n) is 3.98. The van der Waals surface area contributed by atoms with Crippen molar-refractivity contribution in [1.82, 2.24) is 0 Å². The molecule has 0 amide bonds. The summed E-state index contributed by atoms with van der Waals surface area (Å²) in [7, 11) is 2.93.